The standard InChI is InChI=1S/C13H8O5/c14-5-1-2-8-3-4-11-9(6-8)10(15)7-12(18-11)13(16)17/h3-4,6-7,14H,5H2,(H,16,17). The minimum Gasteiger partial charge on any atom is -0.475 e. The Morgan fingerprint density at radius 1 is 1.33 bits per heavy atom. The van der Waals surface area contributed by atoms with Crippen LogP contribution in [-0.2, 0) is 0 Å². The molecule has 0 fully saturated rings. The molecule has 90 valence electrons. The molecule has 1 aromatic carbocycles. The molecule has 5 heteroatoms. The van der Waals surface area contributed by atoms with Crippen molar-refractivity contribution in [1.82, 2.24) is 0 Å². The van der Waals surface area contributed by atoms with E-state index in [1.165, 1.54) is 12.1 Å². The summed E-state index contributed by atoms with van der Waals surface area (Å²) < 4.78 is 5.07. The predicted molar refractivity (Wildman–Crippen MR) is 63.4 cm³/mol. The van der Waals surface area contributed by atoms with Crippen LogP contribution in [0.2, 0.25) is 0 Å². The molecular formula is C13H8O5. The topological polar surface area (TPSA) is 87.7 Å². The monoisotopic (exact) mass is 244 g/mol. The molecule has 0 saturated heterocycles. The summed E-state index contributed by atoms with van der Waals surface area (Å²) in [4.78, 5) is 22.4. The van der Waals surface area contributed by atoms with Crippen molar-refractivity contribution in [3.8, 4) is 11.8 Å². The summed E-state index contributed by atoms with van der Waals surface area (Å²) in [5, 5.41) is 17.6. The first-order chi connectivity index (χ1) is 8.61. The summed E-state index contributed by atoms with van der Waals surface area (Å²) in [7, 11) is 0. The lowest BCUT2D eigenvalue weighted by Crippen LogP contribution is -2.06. The van der Waals surface area contributed by atoms with Crippen LogP contribution in [0.25, 0.3) is 11.0 Å². The van der Waals surface area contributed by atoms with Gasteiger partial charge in [0.05, 0.1) is 5.39 Å². The summed E-state index contributed by atoms with van der Waals surface area (Å²) in [6, 6.07) is 5.48. The second-order valence-electron chi connectivity index (χ2n) is 3.45. The number of rotatable bonds is 1. The van der Waals surface area contributed by atoms with E-state index in [2.05, 4.69) is 11.8 Å². The molecule has 2 rings (SSSR count). The molecule has 0 atom stereocenters. The molecule has 2 N–H and O–H groups in total. The fourth-order valence-electron chi connectivity index (χ4n) is 1.48. The minimum atomic E-state index is -1.29. The van der Waals surface area contributed by atoms with Gasteiger partial charge in [0.15, 0.2) is 5.43 Å². The highest BCUT2D eigenvalue weighted by Gasteiger charge is 2.10. The van der Waals surface area contributed by atoms with E-state index in [-0.39, 0.29) is 17.6 Å². The molecule has 0 saturated carbocycles. The van der Waals surface area contributed by atoms with E-state index in [1.54, 1.807) is 6.07 Å². The molecule has 2 aromatic rings. The van der Waals surface area contributed by atoms with Crippen LogP contribution >= 0.6 is 0 Å². The molecule has 0 bridgehead atoms. The SMILES string of the molecule is O=C(O)c1cc(=O)c2cc(C#CCO)ccc2o1. The number of carboxylic acid groups (broad SMARTS) is 1. The average molecular weight is 244 g/mol. The van der Waals surface area contributed by atoms with E-state index in [9.17, 15) is 9.59 Å². The van der Waals surface area contributed by atoms with Crippen molar-refractivity contribution in [1.29, 1.82) is 0 Å². The number of carbonyl (C=O) groups is 1. The van der Waals surface area contributed by atoms with E-state index in [1.807, 2.05) is 0 Å². The summed E-state index contributed by atoms with van der Waals surface area (Å²) >= 11 is 0. The lowest BCUT2D eigenvalue weighted by Gasteiger charge is -1.99. The van der Waals surface area contributed by atoms with Crippen molar-refractivity contribution in [2.45, 2.75) is 0 Å². The second kappa shape index (κ2) is 4.73. The Balaban J connectivity index is 2.65. The highest BCUT2D eigenvalue weighted by molar-refractivity contribution is 5.87. The van der Waals surface area contributed by atoms with Gasteiger partial charge in [0, 0.05) is 11.6 Å². The van der Waals surface area contributed by atoms with Crippen LogP contribution in [0.3, 0.4) is 0 Å². The third-order valence-electron chi connectivity index (χ3n) is 2.25. The van der Waals surface area contributed by atoms with Gasteiger partial charge in [-0.1, -0.05) is 11.8 Å². The number of hydrogen-bond acceptors (Lipinski definition) is 4. The fraction of sp³-hybridized carbons (Fsp3) is 0.0769. The number of fused-ring (bicyclic) bond motifs is 1. The van der Waals surface area contributed by atoms with E-state index in [0.29, 0.717) is 5.56 Å². The van der Waals surface area contributed by atoms with Crippen LogP contribution in [0.1, 0.15) is 16.1 Å². The molecule has 0 radical (unpaired) electrons. The molecule has 0 unspecified atom stereocenters. The van der Waals surface area contributed by atoms with Gasteiger partial charge in [0.2, 0.25) is 5.76 Å². The van der Waals surface area contributed by atoms with Crippen LogP contribution in [0, 0.1) is 11.8 Å². The normalized spacial score (nSPS) is 9.83. The van der Waals surface area contributed by atoms with Crippen LogP contribution in [-0.4, -0.2) is 22.8 Å². The van der Waals surface area contributed by atoms with Crippen molar-refractivity contribution in [2.75, 3.05) is 6.61 Å². The van der Waals surface area contributed by atoms with Gasteiger partial charge in [-0.3, -0.25) is 4.79 Å². The lowest BCUT2D eigenvalue weighted by molar-refractivity contribution is 0.0663. The maximum absolute atomic E-state index is 11.7. The molecule has 0 aliphatic rings. The summed E-state index contributed by atoms with van der Waals surface area (Å²) in [5.74, 6) is 3.42. The van der Waals surface area contributed by atoms with E-state index in [0.717, 1.165) is 6.07 Å². The zero-order chi connectivity index (χ0) is 13.1. The molecule has 18 heavy (non-hydrogen) atoms. The number of aromatic carboxylic acids is 1. The number of hydrogen-bond donors (Lipinski definition) is 2. The third-order valence-corrected chi connectivity index (χ3v) is 2.25. The van der Waals surface area contributed by atoms with E-state index < -0.39 is 17.2 Å². The van der Waals surface area contributed by atoms with Crippen molar-refractivity contribution in [3.05, 3.63) is 45.8 Å². The van der Waals surface area contributed by atoms with Crippen LogP contribution in [0.15, 0.2) is 33.5 Å². The number of aliphatic hydroxyl groups is 1. The fourth-order valence-corrected chi connectivity index (χ4v) is 1.48. The Labute approximate surface area is 101 Å². The number of benzene rings is 1. The van der Waals surface area contributed by atoms with Crippen LogP contribution in [0.4, 0.5) is 0 Å². The Hall–Kier alpha value is -2.58. The van der Waals surface area contributed by atoms with Gasteiger partial charge in [0.25, 0.3) is 0 Å². The van der Waals surface area contributed by atoms with Gasteiger partial charge in [-0.2, -0.15) is 0 Å². The number of aliphatic hydroxyl groups excluding tert-OH is 1. The molecular weight excluding hydrogens is 236 g/mol. The predicted octanol–water partition coefficient (Wildman–Crippen LogP) is 0.835. The molecule has 0 spiro atoms. The summed E-state index contributed by atoms with van der Waals surface area (Å²) in [6.07, 6.45) is 0. The maximum atomic E-state index is 11.7. The second-order valence-corrected chi connectivity index (χ2v) is 3.45. The Bertz CT molecular complexity index is 730. The first-order valence-corrected chi connectivity index (χ1v) is 5.03. The zero-order valence-corrected chi connectivity index (χ0v) is 9.14. The number of carboxylic acids is 1. The van der Waals surface area contributed by atoms with Crippen LogP contribution < -0.4 is 5.43 Å². The first-order valence-electron chi connectivity index (χ1n) is 5.03. The molecule has 1 heterocycles. The van der Waals surface area contributed by atoms with Crippen LogP contribution in [0.5, 0.6) is 0 Å². The van der Waals surface area contributed by atoms with Crippen molar-refractivity contribution >= 4 is 16.9 Å². The van der Waals surface area contributed by atoms with E-state index >= 15 is 0 Å². The molecule has 5 nitrogen and oxygen atoms in total. The van der Waals surface area contributed by atoms with Crippen molar-refractivity contribution < 1.29 is 19.4 Å². The molecule has 1 aromatic heterocycles. The Morgan fingerprint density at radius 2 is 2.11 bits per heavy atom. The quantitative estimate of drug-likeness (QED) is 0.725. The third kappa shape index (κ3) is 2.24. The van der Waals surface area contributed by atoms with Gasteiger partial charge in [-0.05, 0) is 18.2 Å². The Kier molecular flexibility index (Phi) is 3.13. The minimum absolute atomic E-state index is 0.189. The highest BCUT2D eigenvalue weighted by Crippen LogP contribution is 2.14. The Morgan fingerprint density at radius 3 is 2.78 bits per heavy atom. The largest absolute Gasteiger partial charge is 0.475 e. The van der Waals surface area contributed by atoms with Gasteiger partial charge >= 0.3 is 5.97 Å². The maximum Gasteiger partial charge on any atom is 0.371 e. The molecule has 0 amide bonds. The van der Waals surface area contributed by atoms with Gasteiger partial charge in [0.1, 0.15) is 12.2 Å². The van der Waals surface area contributed by atoms with Crippen molar-refractivity contribution in [2.24, 2.45) is 0 Å². The van der Waals surface area contributed by atoms with Gasteiger partial charge in [-0.15, -0.1) is 0 Å². The van der Waals surface area contributed by atoms with Crippen molar-refractivity contribution in [3.63, 3.8) is 0 Å². The summed E-state index contributed by atoms with van der Waals surface area (Å²) in [5.41, 5.74) is 0.294. The highest BCUT2D eigenvalue weighted by atomic mass is 16.4. The smallest absolute Gasteiger partial charge is 0.371 e. The first kappa shape index (κ1) is 11.9. The average Bonchev–Trinajstić information content (AvgIpc) is 2.36. The molecule has 0 aliphatic carbocycles. The van der Waals surface area contributed by atoms with Gasteiger partial charge < -0.3 is 14.6 Å². The zero-order valence-electron chi connectivity index (χ0n) is 9.14. The van der Waals surface area contributed by atoms with E-state index in [4.69, 9.17) is 14.6 Å². The van der Waals surface area contributed by atoms with Gasteiger partial charge in [-0.25, -0.2) is 4.79 Å². The molecule has 0 aliphatic heterocycles. The summed E-state index contributed by atoms with van der Waals surface area (Å²) in [6.45, 7) is -0.273. The lowest BCUT2D eigenvalue weighted by atomic mass is 10.1.